The number of aromatic nitrogens is 2. The fourth-order valence-corrected chi connectivity index (χ4v) is 4.15. The van der Waals surface area contributed by atoms with Gasteiger partial charge in [0.2, 0.25) is 0 Å². The van der Waals surface area contributed by atoms with Crippen molar-refractivity contribution >= 4 is 11.6 Å². The summed E-state index contributed by atoms with van der Waals surface area (Å²) in [6.45, 7) is 6.18. The number of hydrogen-bond donors (Lipinski definition) is 1. The van der Waals surface area contributed by atoms with Crippen molar-refractivity contribution < 1.29 is 9.53 Å². The second-order valence-electron chi connectivity index (χ2n) is 8.05. The summed E-state index contributed by atoms with van der Waals surface area (Å²) < 4.78 is 9.28. The van der Waals surface area contributed by atoms with E-state index in [4.69, 9.17) is 4.74 Å². The van der Waals surface area contributed by atoms with Crippen molar-refractivity contribution in [2.45, 2.75) is 58.5 Å². The minimum Gasteiger partial charge on any atom is -0.368 e. The first kappa shape index (κ1) is 20.4. The summed E-state index contributed by atoms with van der Waals surface area (Å²) in [4.78, 5) is 25.6. The van der Waals surface area contributed by atoms with Crippen molar-refractivity contribution in [2.24, 2.45) is 13.0 Å². The number of para-hydroxylation sites is 1. The van der Waals surface area contributed by atoms with Crippen LogP contribution in [-0.4, -0.2) is 28.0 Å². The molecule has 1 aromatic carbocycles. The highest BCUT2D eigenvalue weighted by Crippen LogP contribution is 2.26. The van der Waals surface area contributed by atoms with Gasteiger partial charge in [0.1, 0.15) is 12.3 Å². The number of ether oxygens (including phenoxy) is 1. The van der Waals surface area contributed by atoms with Gasteiger partial charge in [0.15, 0.2) is 0 Å². The fourth-order valence-electron chi connectivity index (χ4n) is 4.15. The first-order valence-electron chi connectivity index (χ1n) is 10.2. The third-order valence-electron chi connectivity index (χ3n) is 5.58. The van der Waals surface area contributed by atoms with Crippen LogP contribution in [0.25, 0.3) is 5.69 Å². The van der Waals surface area contributed by atoms with E-state index in [1.807, 2.05) is 55.9 Å². The molecule has 6 nitrogen and oxygen atoms in total. The zero-order chi connectivity index (χ0) is 20.3. The molecule has 3 rings (SSSR count). The zero-order valence-electron chi connectivity index (χ0n) is 17.3. The van der Waals surface area contributed by atoms with Gasteiger partial charge in [-0.3, -0.25) is 14.3 Å². The van der Waals surface area contributed by atoms with E-state index in [2.05, 4.69) is 12.2 Å². The van der Waals surface area contributed by atoms with Crippen LogP contribution in [0.5, 0.6) is 0 Å². The molecular formula is C22H31N3O3. The largest absolute Gasteiger partial charge is 0.368 e. The van der Waals surface area contributed by atoms with Crippen molar-refractivity contribution in [2.75, 3.05) is 11.9 Å². The Hall–Kier alpha value is -2.34. The lowest BCUT2D eigenvalue weighted by molar-refractivity contribution is -0.124. The van der Waals surface area contributed by atoms with Crippen molar-refractivity contribution in [1.29, 1.82) is 0 Å². The molecule has 1 aliphatic rings. The molecule has 1 amide bonds. The molecule has 6 heteroatoms. The maximum atomic E-state index is 13.1. The molecule has 1 aliphatic carbocycles. The number of amides is 1. The molecule has 0 aliphatic heterocycles. The van der Waals surface area contributed by atoms with Crippen LogP contribution in [0.1, 0.15) is 58.1 Å². The van der Waals surface area contributed by atoms with E-state index in [1.54, 1.807) is 4.68 Å². The van der Waals surface area contributed by atoms with E-state index in [0.29, 0.717) is 11.6 Å². The summed E-state index contributed by atoms with van der Waals surface area (Å²) in [5.74, 6) is 0.277. The van der Waals surface area contributed by atoms with Crippen LogP contribution in [0, 0.1) is 5.92 Å². The standard InChI is InChI=1S/C22H31N3O3/c1-15(2)21-20(22(27)25(24(21)4)17-11-6-5-7-12-17)23-19(26)14-28-18-13-9-8-10-16(18)3/h5-7,11-12,15-16,18H,8-10,13-14H2,1-4H3,(H,23,26). The number of hydrogen-bond acceptors (Lipinski definition) is 3. The summed E-state index contributed by atoms with van der Waals surface area (Å²) >= 11 is 0. The van der Waals surface area contributed by atoms with E-state index < -0.39 is 0 Å². The van der Waals surface area contributed by atoms with Crippen LogP contribution in [0.3, 0.4) is 0 Å². The Balaban J connectivity index is 1.81. The quantitative estimate of drug-likeness (QED) is 0.822. The van der Waals surface area contributed by atoms with E-state index in [-0.39, 0.29) is 30.1 Å². The van der Waals surface area contributed by atoms with E-state index in [9.17, 15) is 9.59 Å². The second-order valence-corrected chi connectivity index (χ2v) is 8.05. The lowest BCUT2D eigenvalue weighted by atomic mass is 9.88. The molecule has 2 unspecified atom stereocenters. The molecule has 1 N–H and O–H groups in total. The Labute approximate surface area is 166 Å². The molecule has 0 spiro atoms. The Morgan fingerprint density at radius 1 is 1.21 bits per heavy atom. The number of carbonyl (C=O) groups is 1. The summed E-state index contributed by atoms with van der Waals surface area (Å²) in [6, 6.07) is 9.45. The minimum atomic E-state index is -0.275. The van der Waals surface area contributed by atoms with Crippen LogP contribution >= 0.6 is 0 Å². The van der Waals surface area contributed by atoms with E-state index in [0.717, 1.165) is 30.6 Å². The first-order chi connectivity index (χ1) is 13.4. The fraction of sp³-hybridized carbons (Fsp3) is 0.545. The normalized spacial score (nSPS) is 19.8. The Bertz CT molecular complexity index is 867. The average Bonchev–Trinajstić information content (AvgIpc) is 2.91. The molecule has 1 fully saturated rings. The third kappa shape index (κ3) is 4.22. The summed E-state index contributed by atoms with van der Waals surface area (Å²) in [5.41, 5.74) is 1.68. The zero-order valence-corrected chi connectivity index (χ0v) is 17.3. The van der Waals surface area contributed by atoms with Crippen LogP contribution in [0.4, 0.5) is 5.69 Å². The van der Waals surface area contributed by atoms with E-state index in [1.165, 1.54) is 6.42 Å². The molecule has 2 atom stereocenters. The van der Waals surface area contributed by atoms with Crippen LogP contribution < -0.4 is 10.9 Å². The van der Waals surface area contributed by atoms with Crippen LogP contribution in [-0.2, 0) is 16.6 Å². The highest BCUT2D eigenvalue weighted by Gasteiger charge is 2.25. The van der Waals surface area contributed by atoms with E-state index >= 15 is 0 Å². The number of rotatable bonds is 6. The summed E-state index contributed by atoms with van der Waals surface area (Å²) in [7, 11) is 1.85. The van der Waals surface area contributed by atoms with Gasteiger partial charge in [0.25, 0.3) is 11.5 Å². The Kier molecular flexibility index (Phi) is 6.39. The third-order valence-corrected chi connectivity index (χ3v) is 5.58. The molecule has 2 aromatic rings. The topological polar surface area (TPSA) is 65.3 Å². The number of nitrogens with zero attached hydrogens (tertiary/aromatic N) is 2. The maximum Gasteiger partial charge on any atom is 0.295 e. The van der Waals surface area contributed by atoms with Crippen LogP contribution in [0.2, 0.25) is 0 Å². The smallest absolute Gasteiger partial charge is 0.295 e. The van der Waals surface area contributed by atoms with Gasteiger partial charge in [-0.25, -0.2) is 4.68 Å². The van der Waals surface area contributed by atoms with Crippen molar-refractivity contribution in [3.05, 3.63) is 46.4 Å². The predicted molar refractivity (Wildman–Crippen MR) is 111 cm³/mol. The molecular weight excluding hydrogens is 354 g/mol. The van der Waals surface area contributed by atoms with Crippen LogP contribution in [0.15, 0.2) is 35.1 Å². The van der Waals surface area contributed by atoms with Crippen molar-refractivity contribution in [1.82, 2.24) is 9.36 Å². The molecule has 152 valence electrons. The van der Waals surface area contributed by atoms with Gasteiger partial charge in [-0.05, 0) is 36.8 Å². The monoisotopic (exact) mass is 385 g/mol. The number of carbonyl (C=O) groups excluding carboxylic acids is 1. The first-order valence-corrected chi connectivity index (χ1v) is 10.2. The maximum absolute atomic E-state index is 13.1. The molecule has 1 saturated carbocycles. The van der Waals surface area contributed by atoms with Gasteiger partial charge >= 0.3 is 0 Å². The molecule has 1 heterocycles. The number of benzene rings is 1. The van der Waals surface area contributed by atoms with Crippen molar-refractivity contribution in [3.63, 3.8) is 0 Å². The molecule has 1 aromatic heterocycles. The van der Waals surface area contributed by atoms with Gasteiger partial charge < -0.3 is 10.1 Å². The Morgan fingerprint density at radius 2 is 1.89 bits per heavy atom. The lowest BCUT2D eigenvalue weighted by Crippen LogP contribution is -2.31. The molecule has 0 saturated heterocycles. The lowest BCUT2D eigenvalue weighted by Gasteiger charge is -2.28. The number of anilines is 1. The highest BCUT2D eigenvalue weighted by atomic mass is 16.5. The van der Waals surface area contributed by atoms with Crippen molar-refractivity contribution in [3.8, 4) is 5.69 Å². The molecule has 0 radical (unpaired) electrons. The SMILES string of the molecule is CC(C)c1c(NC(=O)COC2CCCCC2C)c(=O)n(-c2ccccc2)n1C. The predicted octanol–water partition coefficient (Wildman–Crippen LogP) is 3.83. The van der Waals surface area contributed by atoms with Gasteiger partial charge in [-0.15, -0.1) is 0 Å². The number of nitrogens with one attached hydrogen (secondary N) is 1. The van der Waals surface area contributed by atoms with Gasteiger partial charge in [-0.2, -0.15) is 0 Å². The Morgan fingerprint density at radius 3 is 2.54 bits per heavy atom. The van der Waals surface area contributed by atoms with Gasteiger partial charge in [0, 0.05) is 7.05 Å². The van der Waals surface area contributed by atoms with Gasteiger partial charge in [-0.1, -0.05) is 51.8 Å². The summed E-state index contributed by atoms with van der Waals surface area (Å²) in [6.07, 6.45) is 4.64. The average molecular weight is 386 g/mol. The molecule has 28 heavy (non-hydrogen) atoms. The summed E-state index contributed by atoms with van der Waals surface area (Å²) in [5, 5.41) is 2.83. The van der Waals surface area contributed by atoms with Gasteiger partial charge in [0.05, 0.1) is 17.5 Å². The highest BCUT2D eigenvalue weighted by molar-refractivity contribution is 5.92. The second kappa shape index (κ2) is 8.78. The molecule has 0 bridgehead atoms. The minimum absolute atomic E-state index is 0.0216.